The molecule has 0 heterocycles. The van der Waals surface area contributed by atoms with Crippen LogP contribution in [0.15, 0.2) is 0 Å². The maximum atomic E-state index is 3.97. The molecular weight excluding hydrogens is 311 g/mol. The quantitative estimate of drug-likeness (QED) is 0.554. The van der Waals surface area contributed by atoms with E-state index in [1.54, 1.807) is 0 Å². The van der Waals surface area contributed by atoms with Crippen LogP contribution in [0.3, 0.4) is 0 Å². The summed E-state index contributed by atoms with van der Waals surface area (Å²) in [5, 5.41) is 7.94. The van der Waals surface area contributed by atoms with Crippen molar-refractivity contribution < 1.29 is 26.2 Å². The number of hydrogen-bond acceptors (Lipinski definition) is 0. The van der Waals surface area contributed by atoms with Gasteiger partial charge in [0, 0.05) is 0 Å². The normalized spacial score (nSPS) is 8.21. The molecule has 0 rings (SSSR count). The van der Waals surface area contributed by atoms with Crippen LogP contribution < -0.4 is 0 Å². The second kappa shape index (κ2) is 36.4. The largest absolute Gasteiger partial charge is 4.00 e. The summed E-state index contributed by atoms with van der Waals surface area (Å²) in [7, 11) is 0. The van der Waals surface area contributed by atoms with Gasteiger partial charge in [0.15, 0.2) is 0 Å². The molecule has 19 heavy (non-hydrogen) atoms. The molecule has 0 saturated heterocycles. The van der Waals surface area contributed by atoms with Gasteiger partial charge in [0.25, 0.3) is 0 Å². The van der Waals surface area contributed by atoms with E-state index >= 15 is 0 Å². The van der Waals surface area contributed by atoms with Gasteiger partial charge in [-0.2, -0.15) is 67.7 Å². The first kappa shape index (κ1) is 32.0. The van der Waals surface area contributed by atoms with Crippen LogP contribution in [-0.4, -0.2) is 26.2 Å². The SMILES string of the molecule is CC[N-]CC.CC[N-]CC.C[C-](C)C.C[C-](C)C.[Zr+4]. The molecule has 3 heteroatoms. The van der Waals surface area contributed by atoms with Crippen molar-refractivity contribution in [2.45, 2.75) is 69.2 Å². The Morgan fingerprint density at radius 1 is 0.526 bits per heavy atom. The smallest absolute Gasteiger partial charge is 0.663 e. The van der Waals surface area contributed by atoms with Crippen molar-refractivity contribution >= 4 is 0 Å². The zero-order valence-corrected chi connectivity index (χ0v) is 17.7. The molecule has 0 radical (unpaired) electrons. The third kappa shape index (κ3) is 230. The molecule has 0 spiro atoms. The Kier molecular flexibility index (Phi) is 61.1. The van der Waals surface area contributed by atoms with E-state index in [0.717, 1.165) is 26.2 Å². The van der Waals surface area contributed by atoms with Crippen molar-refractivity contribution in [1.82, 2.24) is 0 Å². The van der Waals surface area contributed by atoms with Gasteiger partial charge in [-0.25, -0.2) is 0 Å². The topological polar surface area (TPSA) is 28.2 Å². The third-order valence-corrected chi connectivity index (χ3v) is 0.894. The van der Waals surface area contributed by atoms with Crippen LogP contribution in [0, 0.1) is 11.8 Å². The predicted octanol–water partition coefficient (Wildman–Crippen LogP) is 6.04. The Morgan fingerprint density at radius 3 is 0.632 bits per heavy atom. The Hall–Kier alpha value is 0.803. The van der Waals surface area contributed by atoms with Gasteiger partial charge in [-0.05, 0) is 0 Å². The van der Waals surface area contributed by atoms with Gasteiger partial charge >= 0.3 is 26.2 Å². The molecular formula is C16H38N2Zr. The van der Waals surface area contributed by atoms with E-state index in [9.17, 15) is 0 Å². The molecule has 0 aliphatic rings. The minimum atomic E-state index is 0. The van der Waals surface area contributed by atoms with Gasteiger partial charge in [-0.1, -0.05) is 27.7 Å². The summed E-state index contributed by atoms with van der Waals surface area (Å²) in [5.41, 5.74) is 0. The molecule has 0 bridgehead atoms. The van der Waals surface area contributed by atoms with E-state index in [0.29, 0.717) is 0 Å². The monoisotopic (exact) mass is 348 g/mol. The second-order valence-electron chi connectivity index (χ2n) is 4.71. The molecule has 0 N–H and O–H groups in total. The number of hydrogen-bond donors (Lipinski definition) is 0. The Balaban J connectivity index is -0.0000000453. The van der Waals surface area contributed by atoms with Crippen LogP contribution in [0.2, 0.25) is 0 Å². The van der Waals surface area contributed by atoms with E-state index in [4.69, 9.17) is 0 Å². The van der Waals surface area contributed by atoms with Crippen LogP contribution in [0.4, 0.5) is 0 Å². The Labute approximate surface area is 144 Å². The zero-order valence-electron chi connectivity index (χ0n) is 15.2. The first-order valence-electron chi connectivity index (χ1n) is 7.09. The fourth-order valence-electron chi connectivity index (χ4n) is 0.447. The maximum Gasteiger partial charge on any atom is 4.00 e. The van der Waals surface area contributed by atoms with Gasteiger partial charge < -0.3 is 22.5 Å². The van der Waals surface area contributed by atoms with E-state index in [-0.39, 0.29) is 26.2 Å². The van der Waals surface area contributed by atoms with Crippen LogP contribution in [0.25, 0.3) is 10.6 Å². The maximum absolute atomic E-state index is 3.97. The van der Waals surface area contributed by atoms with Crippen molar-refractivity contribution in [3.05, 3.63) is 22.5 Å². The fraction of sp³-hybridized carbons (Fsp3) is 0.875. The molecule has 0 aliphatic heterocycles. The Bertz CT molecular complexity index is 75.2. The standard InChI is InChI=1S/2C4H10N.2C4H9.Zr/c2*1-3-5-4-2;2*1-4(2)3;/h2*3-4H2,1-2H3;2*1-3H3;/q4*-1;+4. The van der Waals surface area contributed by atoms with Crippen molar-refractivity contribution in [2.75, 3.05) is 26.2 Å². The van der Waals surface area contributed by atoms with Crippen molar-refractivity contribution in [3.63, 3.8) is 0 Å². The summed E-state index contributed by atoms with van der Waals surface area (Å²) in [6, 6.07) is 0. The number of nitrogens with zero attached hydrogens (tertiary/aromatic N) is 2. The predicted molar refractivity (Wildman–Crippen MR) is 89.4 cm³/mol. The summed E-state index contributed by atoms with van der Waals surface area (Å²) in [5.74, 6) is 2.83. The van der Waals surface area contributed by atoms with Gasteiger partial charge in [0.1, 0.15) is 0 Å². The molecule has 0 aromatic carbocycles. The van der Waals surface area contributed by atoms with Gasteiger partial charge in [0.2, 0.25) is 0 Å². The van der Waals surface area contributed by atoms with E-state index in [1.807, 2.05) is 27.7 Å². The van der Waals surface area contributed by atoms with Crippen LogP contribution in [-0.2, 0) is 26.2 Å². The molecule has 2 nitrogen and oxygen atoms in total. The summed E-state index contributed by atoms with van der Waals surface area (Å²) in [4.78, 5) is 0. The van der Waals surface area contributed by atoms with Gasteiger partial charge in [0.05, 0.1) is 0 Å². The van der Waals surface area contributed by atoms with Crippen molar-refractivity contribution in [2.24, 2.45) is 0 Å². The van der Waals surface area contributed by atoms with Crippen molar-refractivity contribution in [3.8, 4) is 0 Å². The van der Waals surface area contributed by atoms with E-state index < -0.39 is 0 Å². The summed E-state index contributed by atoms with van der Waals surface area (Å²) in [6.45, 7) is 24.6. The minimum Gasteiger partial charge on any atom is -0.663 e. The summed E-state index contributed by atoms with van der Waals surface area (Å²) in [6.07, 6.45) is 0. The molecule has 0 unspecified atom stereocenters. The van der Waals surface area contributed by atoms with E-state index in [2.05, 4.69) is 52.2 Å². The third-order valence-electron chi connectivity index (χ3n) is 0.894. The summed E-state index contributed by atoms with van der Waals surface area (Å²) < 4.78 is 0. The van der Waals surface area contributed by atoms with Crippen LogP contribution >= 0.6 is 0 Å². The molecule has 0 fully saturated rings. The molecule has 116 valence electrons. The van der Waals surface area contributed by atoms with Gasteiger partial charge in [-0.3, -0.25) is 0 Å². The Morgan fingerprint density at radius 2 is 0.632 bits per heavy atom. The molecule has 0 atom stereocenters. The zero-order chi connectivity index (χ0) is 15.4. The molecule has 0 aromatic heterocycles. The molecule has 0 saturated carbocycles. The fourth-order valence-corrected chi connectivity index (χ4v) is 0.447. The minimum absolute atomic E-state index is 0. The van der Waals surface area contributed by atoms with Gasteiger partial charge in [-0.15, -0.1) is 0 Å². The number of rotatable bonds is 4. The molecule has 0 amide bonds. The second-order valence-corrected chi connectivity index (χ2v) is 4.71. The molecule has 0 aliphatic carbocycles. The average molecular weight is 350 g/mol. The summed E-state index contributed by atoms with van der Waals surface area (Å²) >= 11 is 0. The molecule has 0 aromatic rings. The van der Waals surface area contributed by atoms with Crippen LogP contribution in [0.1, 0.15) is 69.2 Å². The first-order chi connectivity index (χ1) is 8.29. The van der Waals surface area contributed by atoms with Crippen LogP contribution in [0.5, 0.6) is 0 Å². The first-order valence-corrected chi connectivity index (χ1v) is 7.09. The van der Waals surface area contributed by atoms with Crippen molar-refractivity contribution in [1.29, 1.82) is 0 Å². The van der Waals surface area contributed by atoms with E-state index in [1.165, 1.54) is 11.8 Å². The average Bonchev–Trinajstić information content (AvgIpc) is 2.19.